The first-order valence-electron chi connectivity index (χ1n) is 6.81. The van der Waals surface area contributed by atoms with E-state index < -0.39 is 6.10 Å². The van der Waals surface area contributed by atoms with Crippen LogP contribution in [-0.4, -0.2) is 40.0 Å². The van der Waals surface area contributed by atoms with E-state index in [0.717, 1.165) is 18.1 Å². The zero-order chi connectivity index (χ0) is 13.8. The third kappa shape index (κ3) is 4.93. The molecule has 3 N–H and O–H groups in total. The van der Waals surface area contributed by atoms with E-state index in [2.05, 4.69) is 27.6 Å². The number of guanidine groups is 1. The zero-order valence-corrected chi connectivity index (χ0v) is 14.5. The number of aryl methyl sites for hydroxylation is 1. The Kier molecular flexibility index (Phi) is 6.74. The van der Waals surface area contributed by atoms with E-state index in [1.807, 2.05) is 20.2 Å². The number of aliphatic imine (C=N–C) groups is 1. The summed E-state index contributed by atoms with van der Waals surface area (Å²) in [7, 11) is 1.83. The minimum absolute atomic E-state index is 0. The normalized spacial score (nSPS) is 22.9. The lowest BCUT2D eigenvalue weighted by molar-refractivity contribution is 0.187. The maximum atomic E-state index is 10.0. The van der Waals surface area contributed by atoms with Crippen LogP contribution in [0.5, 0.6) is 0 Å². The van der Waals surface area contributed by atoms with E-state index in [1.54, 1.807) is 10.9 Å². The number of hydrogen-bond acceptors (Lipinski definition) is 3. The fourth-order valence-corrected chi connectivity index (χ4v) is 1.91. The smallest absolute Gasteiger partial charge is 0.191 e. The highest BCUT2D eigenvalue weighted by atomic mass is 127. The molecular weight excluding hydrogens is 369 g/mol. The average Bonchev–Trinajstić information content (AvgIpc) is 2.88. The van der Waals surface area contributed by atoms with Gasteiger partial charge in [0.15, 0.2) is 5.96 Å². The molecule has 1 aromatic rings. The van der Waals surface area contributed by atoms with E-state index in [0.29, 0.717) is 18.5 Å². The molecule has 1 aliphatic rings. The SMILES string of the molecule is CCNC(=NCC(O)c1cnn(C)c1)NC1CC1C.I. The second-order valence-corrected chi connectivity index (χ2v) is 5.15. The van der Waals surface area contributed by atoms with E-state index in [1.165, 1.54) is 6.42 Å². The van der Waals surface area contributed by atoms with E-state index in [9.17, 15) is 5.11 Å². The first kappa shape index (κ1) is 17.2. The molecule has 0 amide bonds. The van der Waals surface area contributed by atoms with Crippen LogP contribution in [0.4, 0.5) is 0 Å². The molecule has 1 saturated carbocycles. The Hall–Kier alpha value is -0.830. The van der Waals surface area contributed by atoms with Gasteiger partial charge in [-0.05, 0) is 19.3 Å². The lowest BCUT2D eigenvalue weighted by Crippen LogP contribution is -2.39. The van der Waals surface area contributed by atoms with Gasteiger partial charge in [-0.1, -0.05) is 6.92 Å². The number of halogens is 1. The number of aliphatic hydroxyl groups excluding tert-OH is 1. The van der Waals surface area contributed by atoms with Crippen LogP contribution in [0.3, 0.4) is 0 Å². The number of rotatable bonds is 5. The van der Waals surface area contributed by atoms with Crippen molar-refractivity contribution in [2.75, 3.05) is 13.1 Å². The summed E-state index contributed by atoms with van der Waals surface area (Å²) < 4.78 is 1.68. The van der Waals surface area contributed by atoms with Gasteiger partial charge in [0, 0.05) is 31.4 Å². The van der Waals surface area contributed by atoms with Gasteiger partial charge in [-0.15, -0.1) is 24.0 Å². The Labute approximate surface area is 137 Å². The number of aromatic nitrogens is 2. The number of nitrogens with zero attached hydrogens (tertiary/aromatic N) is 3. The molecule has 7 heteroatoms. The van der Waals surface area contributed by atoms with Crippen LogP contribution in [0, 0.1) is 5.92 Å². The van der Waals surface area contributed by atoms with Crippen molar-refractivity contribution in [2.45, 2.75) is 32.4 Å². The maximum Gasteiger partial charge on any atom is 0.191 e. The van der Waals surface area contributed by atoms with Crippen molar-refractivity contribution in [3.05, 3.63) is 18.0 Å². The van der Waals surface area contributed by atoms with Gasteiger partial charge in [0.25, 0.3) is 0 Å². The second kappa shape index (κ2) is 7.82. The molecule has 3 atom stereocenters. The maximum absolute atomic E-state index is 10.0. The Bertz CT molecular complexity index is 448. The van der Waals surface area contributed by atoms with Crippen molar-refractivity contribution < 1.29 is 5.11 Å². The molecule has 1 fully saturated rings. The molecular formula is C13H24IN5O. The van der Waals surface area contributed by atoms with E-state index >= 15 is 0 Å². The van der Waals surface area contributed by atoms with Crippen LogP contribution in [0.15, 0.2) is 17.4 Å². The summed E-state index contributed by atoms with van der Waals surface area (Å²) in [5.41, 5.74) is 0.793. The standard InChI is InChI=1S/C13H23N5O.HI/c1-4-14-13(17-11-5-9(11)2)15-7-12(19)10-6-16-18(3)8-10;/h6,8-9,11-12,19H,4-5,7H2,1-3H3,(H2,14,15,17);1H. The Balaban J connectivity index is 0.00000200. The molecule has 0 aromatic carbocycles. The highest BCUT2D eigenvalue weighted by molar-refractivity contribution is 14.0. The summed E-state index contributed by atoms with van der Waals surface area (Å²) in [6.45, 7) is 5.40. The molecule has 0 radical (unpaired) electrons. The molecule has 3 unspecified atom stereocenters. The summed E-state index contributed by atoms with van der Waals surface area (Å²) in [6.07, 6.45) is 4.06. The summed E-state index contributed by atoms with van der Waals surface area (Å²) in [4.78, 5) is 4.42. The van der Waals surface area contributed by atoms with Gasteiger partial charge < -0.3 is 15.7 Å². The van der Waals surface area contributed by atoms with E-state index in [4.69, 9.17) is 0 Å². The first-order chi connectivity index (χ1) is 9.10. The molecule has 0 aliphatic heterocycles. The lowest BCUT2D eigenvalue weighted by Gasteiger charge is -2.12. The van der Waals surface area contributed by atoms with Crippen LogP contribution >= 0.6 is 24.0 Å². The predicted octanol–water partition coefficient (Wildman–Crippen LogP) is 1.03. The molecule has 2 rings (SSSR count). The molecule has 0 spiro atoms. The second-order valence-electron chi connectivity index (χ2n) is 5.15. The van der Waals surface area contributed by atoms with Crippen LogP contribution < -0.4 is 10.6 Å². The lowest BCUT2D eigenvalue weighted by atomic mass is 10.2. The summed E-state index contributed by atoms with van der Waals surface area (Å²) in [5, 5.41) is 20.6. The largest absolute Gasteiger partial charge is 0.386 e. The predicted molar refractivity (Wildman–Crippen MR) is 90.3 cm³/mol. The summed E-state index contributed by atoms with van der Waals surface area (Å²) in [6, 6.07) is 0.522. The molecule has 0 bridgehead atoms. The Morgan fingerprint density at radius 2 is 2.35 bits per heavy atom. The zero-order valence-electron chi connectivity index (χ0n) is 12.2. The number of hydrogen-bond donors (Lipinski definition) is 3. The van der Waals surface area contributed by atoms with Gasteiger partial charge in [-0.2, -0.15) is 5.10 Å². The van der Waals surface area contributed by atoms with Gasteiger partial charge in [0.2, 0.25) is 0 Å². The van der Waals surface area contributed by atoms with Crippen molar-refractivity contribution in [2.24, 2.45) is 18.0 Å². The summed E-state index contributed by atoms with van der Waals surface area (Å²) >= 11 is 0. The van der Waals surface area contributed by atoms with Crippen molar-refractivity contribution in [1.82, 2.24) is 20.4 Å². The molecule has 0 saturated heterocycles. The fraction of sp³-hybridized carbons (Fsp3) is 0.692. The Morgan fingerprint density at radius 3 is 2.85 bits per heavy atom. The molecule has 20 heavy (non-hydrogen) atoms. The van der Waals surface area contributed by atoms with Crippen LogP contribution in [-0.2, 0) is 7.05 Å². The average molecular weight is 393 g/mol. The minimum atomic E-state index is -0.610. The molecule has 6 nitrogen and oxygen atoms in total. The van der Waals surface area contributed by atoms with Crippen molar-refractivity contribution in [1.29, 1.82) is 0 Å². The van der Waals surface area contributed by atoms with Gasteiger partial charge in [-0.3, -0.25) is 9.67 Å². The highest BCUT2D eigenvalue weighted by Gasteiger charge is 2.33. The third-order valence-corrected chi connectivity index (χ3v) is 3.31. The first-order valence-corrected chi connectivity index (χ1v) is 6.81. The van der Waals surface area contributed by atoms with Gasteiger partial charge in [0.1, 0.15) is 6.10 Å². The monoisotopic (exact) mass is 393 g/mol. The van der Waals surface area contributed by atoms with Crippen LogP contribution in [0.25, 0.3) is 0 Å². The van der Waals surface area contributed by atoms with Gasteiger partial charge in [0.05, 0.1) is 12.7 Å². The molecule has 1 aromatic heterocycles. The minimum Gasteiger partial charge on any atom is -0.386 e. The van der Waals surface area contributed by atoms with E-state index in [-0.39, 0.29) is 24.0 Å². The molecule has 114 valence electrons. The quantitative estimate of drug-likeness (QED) is 0.397. The molecule has 1 aliphatic carbocycles. The van der Waals surface area contributed by atoms with Crippen molar-refractivity contribution in [3.63, 3.8) is 0 Å². The highest BCUT2D eigenvalue weighted by Crippen LogP contribution is 2.28. The molecule has 1 heterocycles. The Morgan fingerprint density at radius 1 is 1.65 bits per heavy atom. The van der Waals surface area contributed by atoms with Gasteiger partial charge in [-0.25, -0.2) is 0 Å². The number of aliphatic hydroxyl groups is 1. The summed E-state index contributed by atoms with van der Waals surface area (Å²) in [5.74, 6) is 1.49. The number of nitrogens with one attached hydrogen (secondary N) is 2. The fourth-order valence-electron chi connectivity index (χ4n) is 1.91. The van der Waals surface area contributed by atoms with Crippen LogP contribution in [0.1, 0.15) is 31.9 Å². The van der Waals surface area contributed by atoms with Crippen molar-refractivity contribution in [3.8, 4) is 0 Å². The third-order valence-electron chi connectivity index (χ3n) is 3.31. The van der Waals surface area contributed by atoms with Crippen LogP contribution in [0.2, 0.25) is 0 Å². The van der Waals surface area contributed by atoms with Crippen molar-refractivity contribution >= 4 is 29.9 Å². The van der Waals surface area contributed by atoms with Gasteiger partial charge >= 0.3 is 0 Å². The topological polar surface area (TPSA) is 74.5 Å².